The van der Waals surface area contributed by atoms with Crippen LogP contribution < -0.4 is 0 Å². The van der Waals surface area contributed by atoms with E-state index in [1.54, 1.807) is 96.9 Å². The molecule has 4 aromatic carbocycles. The van der Waals surface area contributed by atoms with Crippen LogP contribution in [-0.4, -0.2) is 160 Å². The predicted octanol–water partition coefficient (Wildman–Crippen LogP) is 18.7. The zero-order valence-corrected chi connectivity index (χ0v) is 69.0. The van der Waals surface area contributed by atoms with Crippen LogP contribution >= 0.6 is 186 Å². The van der Waals surface area contributed by atoms with Crippen molar-refractivity contribution in [2.75, 3.05) is 13.2 Å². The van der Waals surface area contributed by atoms with Gasteiger partial charge in [0.1, 0.15) is 24.2 Å². The van der Waals surface area contributed by atoms with Gasteiger partial charge in [-0.15, -0.1) is 0 Å². The third-order valence-corrected chi connectivity index (χ3v) is 21.7. The molecule has 568 valence electrons. The van der Waals surface area contributed by atoms with Crippen LogP contribution in [0.15, 0.2) is 0 Å². The fraction of sp³-hybridized carbons (Fsp3) is 0.406. The zero-order valence-electron chi connectivity index (χ0n) is 56.9. The van der Waals surface area contributed by atoms with E-state index in [2.05, 4.69) is 9.47 Å². The minimum atomic E-state index is -1.40. The first-order chi connectivity index (χ1) is 47.2. The van der Waals surface area contributed by atoms with Crippen LogP contribution in [0.25, 0.3) is 0 Å². The van der Waals surface area contributed by atoms with E-state index in [9.17, 15) is 87.5 Å². The number of ether oxygens (including phenoxy) is 2. The summed E-state index contributed by atoms with van der Waals surface area (Å²) in [6.45, 7) is 26.5. The Morgan fingerprint density at radius 2 is 0.375 bits per heavy atom. The monoisotopic (exact) mass is 1760 g/mol. The highest BCUT2D eigenvalue weighted by Crippen LogP contribution is 2.51. The number of carboxylic acid groups (broad SMARTS) is 4. The van der Waals surface area contributed by atoms with Crippen molar-refractivity contribution in [2.45, 2.75) is 135 Å². The third kappa shape index (κ3) is 18.9. The van der Waals surface area contributed by atoms with E-state index in [1.165, 1.54) is 13.8 Å². The average molecular weight is 1770 g/mol. The molecule has 4 atom stereocenters. The molecule has 4 aliphatic heterocycles. The lowest BCUT2D eigenvalue weighted by atomic mass is 9.85. The lowest BCUT2D eigenvalue weighted by Crippen LogP contribution is -2.52. The van der Waals surface area contributed by atoms with Gasteiger partial charge < -0.3 is 29.9 Å². The minimum absolute atomic E-state index is 0.164. The van der Waals surface area contributed by atoms with Gasteiger partial charge in [0.15, 0.2) is 0 Å². The first-order valence-corrected chi connectivity index (χ1v) is 35.4. The standard InChI is InChI=1S/4C14H11Cl4NO4.2C4H8O2/c4*1-14(2,3)10(13(22)23)19-11(20)4-5(12(19)21)7(16)9(18)8(17)6(4)15;2*1-3-6-4(2)5/h4*10H,1-3H3,(H,22,23);2*3H2,1-2H3. The first kappa shape index (κ1) is 93.1. The van der Waals surface area contributed by atoms with Crippen LogP contribution in [0.1, 0.15) is 194 Å². The number of rotatable bonds is 10. The Hall–Kier alpha value is -5.10. The molecule has 0 aromatic heterocycles. The van der Waals surface area contributed by atoms with Crippen LogP contribution in [0.2, 0.25) is 80.4 Å². The van der Waals surface area contributed by atoms with Gasteiger partial charge in [0, 0.05) is 13.8 Å². The summed E-state index contributed by atoms with van der Waals surface area (Å²) in [5, 5.41) is 34.7. The molecule has 4 aliphatic rings. The Balaban J connectivity index is 0.000000341. The maximum absolute atomic E-state index is 12.6. The van der Waals surface area contributed by atoms with E-state index in [1.807, 2.05) is 0 Å². The van der Waals surface area contributed by atoms with E-state index in [0.717, 1.165) is 0 Å². The van der Waals surface area contributed by atoms with E-state index in [0.29, 0.717) is 32.8 Å². The maximum Gasteiger partial charge on any atom is 0.327 e. The van der Waals surface area contributed by atoms with Gasteiger partial charge in [-0.05, 0) is 35.5 Å². The average Bonchev–Trinajstić information content (AvgIpc) is 1.60. The van der Waals surface area contributed by atoms with Crippen molar-refractivity contribution >= 4 is 269 Å². The van der Waals surface area contributed by atoms with Gasteiger partial charge >= 0.3 is 35.8 Å². The number of esters is 2. The SMILES string of the molecule is CC(C)(C)C(C(=O)O)N1C(=O)c2c(Cl)c(Cl)c(Cl)c(Cl)c2C1=O.CC(C)(C)C(C(=O)O)N1C(=O)c2c(Cl)c(Cl)c(Cl)c(Cl)c2C1=O.CC(C)(C)C(C(=O)O)N1C(=O)c2c(Cl)c(Cl)c(Cl)c(Cl)c2C1=O.CC(C)(C)C(C(=O)O)N1C(=O)c2c(Cl)c(Cl)c(Cl)c(Cl)c2C1=O.CCOC(C)=O.CCOC(C)=O. The van der Waals surface area contributed by atoms with Gasteiger partial charge in [-0.2, -0.15) is 0 Å². The topological polar surface area (TPSA) is 351 Å². The highest BCUT2D eigenvalue weighted by atomic mass is 35.5. The van der Waals surface area contributed by atoms with Crippen molar-refractivity contribution < 1.29 is 97.0 Å². The molecule has 4 aromatic rings. The Morgan fingerprint density at radius 3 is 0.433 bits per heavy atom. The smallest absolute Gasteiger partial charge is 0.327 e. The van der Waals surface area contributed by atoms with E-state index < -0.39 is 117 Å². The van der Waals surface area contributed by atoms with E-state index in [-0.39, 0.29) is 137 Å². The van der Waals surface area contributed by atoms with Crippen LogP contribution in [0.5, 0.6) is 0 Å². The summed E-state index contributed by atoms with van der Waals surface area (Å²) in [6.07, 6.45) is 0. The number of carbonyl (C=O) groups is 14. The first-order valence-electron chi connectivity index (χ1n) is 29.3. The van der Waals surface area contributed by atoms with Crippen molar-refractivity contribution in [3.8, 4) is 0 Å². The van der Waals surface area contributed by atoms with E-state index >= 15 is 0 Å². The molecule has 0 aliphatic carbocycles. The lowest BCUT2D eigenvalue weighted by Gasteiger charge is -2.33. The maximum atomic E-state index is 12.6. The number of amides is 8. The summed E-state index contributed by atoms with van der Waals surface area (Å²) in [5.41, 5.74) is -5.48. The number of carbonyl (C=O) groups excluding carboxylic acids is 10. The van der Waals surface area contributed by atoms with Gasteiger partial charge in [-0.1, -0.05) is 269 Å². The molecule has 24 nitrogen and oxygen atoms in total. The molecule has 0 saturated carbocycles. The third-order valence-electron chi connectivity index (χ3n) is 14.5. The van der Waals surface area contributed by atoms with Gasteiger partial charge in [0.25, 0.3) is 47.3 Å². The largest absolute Gasteiger partial charge is 0.480 e. The van der Waals surface area contributed by atoms with Gasteiger partial charge in [0.05, 0.1) is 138 Å². The van der Waals surface area contributed by atoms with Gasteiger partial charge in [0.2, 0.25) is 0 Å². The second-order valence-electron chi connectivity index (χ2n) is 26.2. The van der Waals surface area contributed by atoms with Crippen LogP contribution in [0, 0.1) is 21.7 Å². The quantitative estimate of drug-likeness (QED) is 0.0496. The molecule has 0 bridgehead atoms. The van der Waals surface area contributed by atoms with Crippen LogP contribution in [-0.2, 0) is 38.2 Å². The number of aliphatic carboxylic acids is 4. The summed E-state index contributed by atoms with van der Waals surface area (Å²) in [4.78, 5) is 170. The molecule has 8 amide bonds. The summed E-state index contributed by atoms with van der Waals surface area (Å²) in [7, 11) is 0. The predicted molar refractivity (Wildman–Crippen MR) is 396 cm³/mol. The normalized spacial score (nSPS) is 14.9. The molecule has 4 unspecified atom stereocenters. The Labute approximate surface area is 674 Å². The number of fused-ring (bicyclic) bond motifs is 4. The number of hydrogen-bond donors (Lipinski definition) is 4. The Kier molecular flexibility index (Phi) is 31.8. The van der Waals surface area contributed by atoms with Gasteiger partial charge in [-0.25, -0.2) is 19.2 Å². The molecule has 8 rings (SSSR count). The molecule has 4 heterocycles. The fourth-order valence-electron chi connectivity index (χ4n) is 10.3. The van der Waals surface area contributed by atoms with Crippen LogP contribution in [0.4, 0.5) is 0 Å². The Morgan fingerprint density at radius 1 is 0.269 bits per heavy atom. The second kappa shape index (κ2) is 35.5. The summed E-state index contributed by atoms with van der Waals surface area (Å²) >= 11 is 95.4. The molecule has 0 saturated heterocycles. The number of benzene rings is 4. The second-order valence-corrected chi connectivity index (χ2v) is 32.3. The zero-order chi connectivity index (χ0) is 81.4. The fourth-order valence-corrected chi connectivity index (χ4v) is 14.3. The lowest BCUT2D eigenvalue weighted by molar-refractivity contribution is -0.146. The van der Waals surface area contributed by atoms with Crippen molar-refractivity contribution in [3.63, 3.8) is 0 Å². The van der Waals surface area contributed by atoms with Gasteiger partial charge in [-0.3, -0.25) is 67.5 Å². The highest BCUT2D eigenvalue weighted by molar-refractivity contribution is 6.59. The molecule has 104 heavy (non-hydrogen) atoms. The summed E-state index contributed by atoms with van der Waals surface area (Å²) in [6, 6.07) is -5.61. The number of hydrogen-bond acceptors (Lipinski definition) is 16. The molecular formula is C64H60Cl16N4O20. The molecular weight excluding hydrogens is 1710 g/mol. The molecule has 0 radical (unpaired) electrons. The van der Waals surface area contributed by atoms with Crippen molar-refractivity contribution in [1.82, 2.24) is 19.6 Å². The molecule has 0 fully saturated rings. The van der Waals surface area contributed by atoms with Crippen LogP contribution in [0.3, 0.4) is 0 Å². The number of carboxylic acids is 4. The van der Waals surface area contributed by atoms with Crippen molar-refractivity contribution in [1.29, 1.82) is 0 Å². The Bertz CT molecular complexity index is 3630. The number of imide groups is 4. The number of halogens is 16. The molecule has 40 heteroatoms. The van der Waals surface area contributed by atoms with E-state index in [4.69, 9.17) is 186 Å². The van der Waals surface area contributed by atoms with Crippen molar-refractivity contribution in [2.24, 2.45) is 21.7 Å². The summed E-state index contributed by atoms with van der Waals surface area (Å²) < 4.78 is 8.81. The molecule has 4 N–H and O–H groups in total. The minimum Gasteiger partial charge on any atom is -0.480 e. The molecule has 0 spiro atoms. The number of nitrogens with zero attached hydrogens (tertiary/aromatic N) is 4. The highest BCUT2D eigenvalue weighted by Gasteiger charge is 2.55. The van der Waals surface area contributed by atoms with Crippen molar-refractivity contribution in [3.05, 3.63) is 125 Å². The summed E-state index contributed by atoms with van der Waals surface area (Å²) in [5.74, 6) is -12.6.